The van der Waals surface area contributed by atoms with E-state index in [0.717, 1.165) is 24.4 Å². The lowest BCUT2D eigenvalue weighted by molar-refractivity contribution is -0.133. The minimum Gasteiger partial charge on any atom is -0.492 e. The highest BCUT2D eigenvalue weighted by Gasteiger charge is 2.20. The van der Waals surface area contributed by atoms with Gasteiger partial charge in [0.2, 0.25) is 5.91 Å². The Hall–Kier alpha value is -2.04. The molecule has 140 valence electrons. The number of nitrogens with zero attached hydrogens (tertiary/aromatic N) is 2. The van der Waals surface area contributed by atoms with Crippen LogP contribution in [0.4, 0.5) is 0 Å². The first kappa shape index (κ1) is 20.3. The van der Waals surface area contributed by atoms with E-state index in [2.05, 4.69) is 17.0 Å². The monoisotopic (exact) mass is 374 g/mol. The number of likely N-dealkylation sites (tertiary alicyclic amines) is 1. The van der Waals surface area contributed by atoms with Crippen LogP contribution >= 0.6 is 12.4 Å². The molecule has 1 aliphatic rings. The second-order valence-electron chi connectivity index (χ2n) is 6.45. The molecule has 4 nitrogen and oxygen atoms in total. The van der Waals surface area contributed by atoms with Gasteiger partial charge in [-0.25, -0.2) is 0 Å². The molecule has 0 atom stereocenters. The summed E-state index contributed by atoms with van der Waals surface area (Å²) in [5.74, 6) is 1.02. The van der Waals surface area contributed by atoms with Crippen LogP contribution in [-0.4, -0.2) is 48.5 Å². The molecule has 26 heavy (non-hydrogen) atoms. The number of benzene rings is 2. The highest BCUT2D eigenvalue weighted by atomic mass is 35.5. The van der Waals surface area contributed by atoms with E-state index in [-0.39, 0.29) is 18.3 Å². The summed E-state index contributed by atoms with van der Waals surface area (Å²) in [6, 6.07) is 19.9. The van der Waals surface area contributed by atoms with Crippen LogP contribution in [0.1, 0.15) is 18.4 Å². The van der Waals surface area contributed by atoms with Crippen LogP contribution in [0, 0.1) is 0 Å². The summed E-state index contributed by atoms with van der Waals surface area (Å²) < 4.78 is 5.79. The maximum Gasteiger partial charge on any atom is 0.237 e. The van der Waals surface area contributed by atoms with Crippen molar-refractivity contribution in [3.05, 3.63) is 66.2 Å². The molecule has 3 rings (SSSR count). The SMILES string of the molecule is Cl.O=C(CN1CCCC1)N(CCOc1ccccc1)Cc1ccccc1. The van der Waals surface area contributed by atoms with Crippen molar-refractivity contribution in [3.63, 3.8) is 0 Å². The van der Waals surface area contributed by atoms with Crippen molar-refractivity contribution in [1.82, 2.24) is 9.80 Å². The van der Waals surface area contributed by atoms with Gasteiger partial charge in [-0.2, -0.15) is 0 Å². The predicted octanol–water partition coefficient (Wildman–Crippen LogP) is 3.61. The molecule has 0 spiro atoms. The van der Waals surface area contributed by atoms with Gasteiger partial charge in [0.25, 0.3) is 0 Å². The molecular formula is C21H27ClN2O2. The Morgan fingerprint density at radius 3 is 2.23 bits per heavy atom. The van der Waals surface area contributed by atoms with E-state index < -0.39 is 0 Å². The Morgan fingerprint density at radius 1 is 0.962 bits per heavy atom. The first-order valence-corrected chi connectivity index (χ1v) is 9.03. The van der Waals surface area contributed by atoms with E-state index in [1.807, 2.05) is 53.4 Å². The quantitative estimate of drug-likeness (QED) is 0.707. The number of para-hydroxylation sites is 1. The van der Waals surface area contributed by atoms with Gasteiger partial charge in [0.1, 0.15) is 12.4 Å². The van der Waals surface area contributed by atoms with Crippen LogP contribution in [-0.2, 0) is 11.3 Å². The number of halogens is 1. The predicted molar refractivity (Wildman–Crippen MR) is 107 cm³/mol. The van der Waals surface area contributed by atoms with Gasteiger partial charge in [-0.15, -0.1) is 12.4 Å². The maximum absolute atomic E-state index is 12.8. The lowest BCUT2D eigenvalue weighted by atomic mass is 10.2. The summed E-state index contributed by atoms with van der Waals surface area (Å²) in [5, 5.41) is 0. The van der Waals surface area contributed by atoms with E-state index in [0.29, 0.717) is 26.2 Å². The van der Waals surface area contributed by atoms with Crippen LogP contribution < -0.4 is 4.74 Å². The zero-order valence-electron chi connectivity index (χ0n) is 15.0. The first-order chi connectivity index (χ1) is 12.3. The molecule has 2 aromatic rings. The highest BCUT2D eigenvalue weighted by Crippen LogP contribution is 2.11. The fourth-order valence-corrected chi connectivity index (χ4v) is 3.12. The molecular weight excluding hydrogens is 348 g/mol. The van der Waals surface area contributed by atoms with Crippen molar-refractivity contribution in [3.8, 4) is 5.75 Å². The molecule has 0 N–H and O–H groups in total. The third-order valence-corrected chi connectivity index (χ3v) is 4.50. The van der Waals surface area contributed by atoms with Crippen LogP contribution in [0.2, 0.25) is 0 Å². The lowest BCUT2D eigenvalue weighted by Gasteiger charge is -2.25. The Morgan fingerprint density at radius 2 is 1.58 bits per heavy atom. The number of rotatable bonds is 8. The molecule has 1 amide bonds. The summed E-state index contributed by atoms with van der Waals surface area (Å²) in [5.41, 5.74) is 1.15. The van der Waals surface area contributed by atoms with Crippen molar-refractivity contribution < 1.29 is 9.53 Å². The van der Waals surface area contributed by atoms with E-state index in [9.17, 15) is 4.79 Å². The van der Waals surface area contributed by atoms with Gasteiger partial charge in [0, 0.05) is 6.54 Å². The maximum atomic E-state index is 12.8. The molecule has 5 heteroatoms. The van der Waals surface area contributed by atoms with E-state index in [1.165, 1.54) is 12.8 Å². The summed E-state index contributed by atoms with van der Waals surface area (Å²) in [6.45, 7) is 4.31. The van der Waals surface area contributed by atoms with Crippen molar-refractivity contribution in [1.29, 1.82) is 0 Å². The molecule has 0 radical (unpaired) electrons. The van der Waals surface area contributed by atoms with Gasteiger partial charge in [-0.05, 0) is 43.6 Å². The Bertz CT molecular complexity index is 646. The molecule has 0 unspecified atom stereocenters. The average Bonchev–Trinajstić information content (AvgIpc) is 3.15. The summed E-state index contributed by atoms with van der Waals surface area (Å²) >= 11 is 0. The van der Waals surface area contributed by atoms with Gasteiger partial charge in [-0.3, -0.25) is 9.69 Å². The number of hydrogen-bond acceptors (Lipinski definition) is 3. The topological polar surface area (TPSA) is 32.8 Å². The highest BCUT2D eigenvalue weighted by molar-refractivity contribution is 5.85. The molecule has 0 saturated carbocycles. The van der Waals surface area contributed by atoms with Gasteiger partial charge < -0.3 is 9.64 Å². The number of amides is 1. The fraction of sp³-hybridized carbons (Fsp3) is 0.381. The average molecular weight is 375 g/mol. The molecule has 1 saturated heterocycles. The van der Waals surface area contributed by atoms with Crippen LogP contribution in [0.5, 0.6) is 5.75 Å². The minimum absolute atomic E-state index is 0. The lowest BCUT2D eigenvalue weighted by Crippen LogP contribution is -2.41. The standard InChI is InChI=1S/C21H26N2O2.ClH/c24-21(18-22-13-7-8-14-22)23(17-19-9-3-1-4-10-19)15-16-25-20-11-5-2-6-12-20;/h1-6,9-12H,7-8,13-18H2;1H. The van der Waals surface area contributed by atoms with Gasteiger partial charge in [0.05, 0.1) is 13.1 Å². The van der Waals surface area contributed by atoms with E-state index >= 15 is 0 Å². The third-order valence-electron chi connectivity index (χ3n) is 4.50. The third kappa shape index (κ3) is 6.36. The number of ether oxygens (including phenoxy) is 1. The smallest absolute Gasteiger partial charge is 0.237 e. The second-order valence-corrected chi connectivity index (χ2v) is 6.45. The van der Waals surface area contributed by atoms with Crippen molar-refractivity contribution in [2.24, 2.45) is 0 Å². The Labute approximate surface area is 162 Å². The Balaban J connectivity index is 0.00000243. The number of carbonyl (C=O) groups excluding carboxylic acids is 1. The zero-order valence-corrected chi connectivity index (χ0v) is 15.9. The number of carbonyl (C=O) groups is 1. The van der Waals surface area contributed by atoms with Gasteiger partial charge in [-0.1, -0.05) is 48.5 Å². The second kappa shape index (κ2) is 10.8. The fourth-order valence-electron chi connectivity index (χ4n) is 3.12. The van der Waals surface area contributed by atoms with Crippen LogP contribution in [0.25, 0.3) is 0 Å². The number of hydrogen-bond donors (Lipinski definition) is 0. The molecule has 2 aromatic carbocycles. The minimum atomic E-state index is 0. The van der Waals surface area contributed by atoms with Gasteiger partial charge in [0.15, 0.2) is 0 Å². The molecule has 0 aromatic heterocycles. The Kier molecular flexibility index (Phi) is 8.45. The summed E-state index contributed by atoms with van der Waals surface area (Å²) in [7, 11) is 0. The molecule has 0 bridgehead atoms. The summed E-state index contributed by atoms with van der Waals surface area (Å²) in [6.07, 6.45) is 2.40. The van der Waals surface area contributed by atoms with Crippen molar-refractivity contribution in [2.45, 2.75) is 19.4 Å². The normalized spacial score (nSPS) is 13.8. The molecule has 1 heterocycles. The van der Waals surface area contributed by atoms with E-state index in [1.54, 1.807) is 0 Å². The van der Waals surface area contributed by atoms with Crippen LogP contribution in [0.3, 0.4) is 0 Å². The summed E-state index contributed by atoms with van der Waals surface area (Å²) in [4.78, 5) is 16.9. The van der Waals surface area contributed by atoms with Crippen molar-refractivity contribution in [2.75, 3.05) is 32.8 Å². The van der Waals surface area contributed by atoms with Crippen LogP contribution in [0.15, 0.2) is 60.7 Å². The molecule has 1 fully saturated rings. The van der Waals surface area contributed by atoms with E-state index in [4.69, 9.17) is 4.74 Å². The zero-order chi connectivity index (χ0) is 17.3. The van der Waals surface area contributed by atoms with Crippen molar-refractivity contribution >= 4 is 18.3 Å². The first-order valence-electron chi connectivity index (χ1n) is 9.03. The van der Waals surface area contributed by atoms with Gasteiger partial charge >= 0.3 is 0 Å². The molecule has 0 aliphatic carbocycles. The largest absolute Gasteiger partial charge is 0.492 e. The molecule has 1 aliphatic heterocycles.